The number of hydrogen-bond acceptors (Lipinski definition) is 5. The Hall–Kier alpha value is -1.62. The Morgan fingerprint density at radius 2 is 2.40 bits per heavy atom. The number of esters is 1. The standard InChI is InChI=1S/C10H14N2O3/c1-2-14-10(13)8-4-3-6-12-9(8)15-7-5-11/h3-4,6H,2,5,7,11H2,1H3. The summed E-state index contributed by atoms with van der Waals surface area (Å²) >= 11 is 0. The van der Waals surface area contributed by atoms with Gasteiger partial charge in [-0.05, 0) is 19.1 Å². The maximum atomic E-state index is 11.5. The second-order valence-electron chi connectivity index (χ2n) is 2.71. The van der Waals surface area contributed by atoms with Crippen molar-refractivity contribution < 1.29 is 14.3 Å². The Labute approximate surface area is 88.2 Å². The van der Waals surface area contributed by atoms with E-state index < -0.39 is 5.97 Å². The van der Waals surface area contributed by atoms with Crippen LogP contribution in [0.4, 0.5) is 0 Å². The molecule has 0 aliphatic carbocycles. The molecule has 1 aromatic heterocycles. The summed E-state index contributed by atoms with van der Waals surface area (Å²) in [5, 5.41) is 0. The van der Waals surface area contributed by atoms with Gasteiger partial charge in [-0.25, -0.2) is 9.78 Å². The zero-order valence-electron chi connectivity index (χ0n) is 8.60. The van der Waals surface area contributed by atoms with E-state index in [1.807, 2.05) is 0 Å². The fraction of sp³-hybridized carbons (Fsp3) is 0.400. The van der Waals surface area contributed by atoms with Gasteiger partial charge in [-0.1, -0.05) is 0 Å². The van der Waals surface area contributed by atoms with Gasteiger partial charge in [0, 0.05) is 12.7 Å². The van der Waals surface area contributed by atoms with Crippen molar-refractivity contribution in [2.24, 2.45) is 5.73 Å². The predicted octanol–water partition coefficient (Wildman–Crippen LogP) is 0.596. The third-order valence-corrected chi connectivity index (χ3v) is 1.62. The minimum absolute atomic E-state index is 0.265. The SMILES string of the molecule is CCOC(=O)c1cccnc1OCCN. The molecule has 0 aromatic carbocycles. The molecule has 82 valence electrons. The molecular weight excluding hydrogens is 196 g/mol. The van der Waals surface area contributed by atoms with E-state index in [2.05, 4.69) is 4.98 Å². The van der Waals surface area contributed by atoms with E-state index in [4.69, 9.17) is 15.2 Å². The number of aromatic nitrogens is 1. The van der Waals surface area contributed by atoms with Crippen molar-refractivity contribution in [2.45, 2.75) is 6.92 Å². The van der Waals surface area contributed by atoms with Crippen molar-refractivity contribution in [3.63, 3.8) is 0 Å². The molecule has 0 aliphatic heterocycles. The number of hydrogen-bond donors (Lipinski definition) is 1. The summed E-state index contributed by atoms with van der Waals surface area (Å²) < 4.78 is 10.1. The third kappa shape index (κ3) is 3.21. The summed E-state index contributed by atoms with van der Waals surface area (Å²) in [7, 11) is 0. The van der Waals surface area contributed by atoms with E-state index in [1.165, 1.54) is 0 Å². The molecule has 1 heterocycles. The molecule has 1 aromatic rings. The number of carbonyl (C=O) groups is 1. The lowest BCUT2D eigenvalue weighted by molar-refractivity contribution is 0.0520. The minimum atomic E-state index is -0.433. The van der Waals surface area contributed by atoms with E-state index in [0.29, 0.717) is 25.3 Å². The first-order valence-electron chi connectivity index (χ1n) is 4.74. The number of carbonyl (C=O) groups excluding carboxylic acids is 1. The molecule has 0 saturated carbocycles. The molecule has 15 heavy (non-hydrogen) atoms. The molecule has 0 bridgehead atoms. The van der Waals surface area contributed by atoms with Crippen LogP contribution in [0.5, 0.6) is 5.88 Å². The van der Waals surface area contributed by atoms with E-state index in [1.54, 1.807) is 25.3 Å². The lowest BCUT2D eigenvalue weighted by Gasteiger charge is -2.08. The van der Waals surface area contributed by atoms with Gasteiger partial charge in [-0.15, -0.1) is 0 Å². The molecule has 0 fully saturated rings. The second-order valence-corrected chi connectivity index (χ2v) is 2.71. The van der Waals surface area contributed by atoms with Gasteiger partial charge in [-0.3, -0.25) is 0 Å². The number of ether oxygens (including phenoxy) is 2. The molecule has 1 rings (SSSR count). The third-order valence-electron chi connectivity index (χ3n) is 1.62. The van der Waals surface area contributed by atoms with Crippen molar-refractivity contribution in [3.05, 3.63) is 23.9 Å². The van der Waals surface area contributed by atoms with Crippen LogP contribution in [-0.4, -0.2) is 30.7 Å². The zero-order valence-corrected chi connectivity index (χ0v) is 8.60. The highest BCUT2D eigenvalue weighted by Crippen LogP contribution is 2.15. The van der Waals surface area contributed by atoms with Gasteiger partial charge in [0.1, 0.15) is 12.2 Å². The van der Waals surface area contributed by atoms with Crippen LogP contribution in [0.15, 0.2) is 18.3 Å². The lowest BCUT2D eigenvalue weighted by Crippen LogP contribution is -2.14. The Morgan fingerprint density at radius 3 is 3.07 bits per heavy atom. The number of nitrogens with zero attached hydrogens (tertiary/aromatic N) is 1. The van der Waals surface area contributed by atoms with Crippen molar-refractivity contribution in [3.8, 4) is 5.88 Å². The van der Waals surface area contributed by atoms with Crippen LogP contribution >= 0.6 is 0 Å². The first-order chi connectivity index (χ1) is 7.29. The van der Waals surface area contributed by atoms with E-state index in [0.717, 1.165) is 0 Å². The molecule has 2 N–H and O–H groups in total. The molecule has 0 unspecified atom stereocenters. The molecule has 5 nitrogen and oxygen atoms in total. The molecule has 0 aliphatic rings. The summed E-state index contributed by atoms with van der Waals surface area (Å²) in [6, 6.07) is 3.26. The lowest BCUT2D eigenvalue weighted by atomic mass is 10.3. The maximum absolute atomic E-state index is 11.5. The molecule has 0 amide bonds. The summed E-state index contributed by atoms with van der Waals surface area (Å²) in [5.41, 5.74) is 5.62. The number of rotatable bonds is 5. The monoisotopic (exact) mass is 210 g/mol. The topological polar surface area (TPSA) is 74.4 Å². The largest absolute Gasteiger partial charge is 0.476 e. The molecule has 0 saturated heterocycles. The van der Waals surface area contributed by atoms with Gasteiger partial charge in [0.05, 0.1) is 6.61 Å². The summed E-state index contributed by atoms with van der Waals surface area (Å²) in [4.78, 5) is 15.4. The van der Waals surface area contributed by atoms with Gasteiger partial charge in [0.25, 0.3) is 0 Å². The predicted molar refractivity (Wildman–Crippen MR) is 54.7 cm³/mol. The van der Waals surface area contributed by atoms with Crippen molar-refractivity contribution >= 4 is 5.97 Å². The van der Waals surface area contributed by atoms with Crippen LogP contribution in [0, 0.1) is 0 Å². The average Bonchev–Trinajstić information content (AvgIpc) is 2.27. The highest BCUT2D eigenvalue weighted by Gasteiger charge is 2.13. The quantitative estimate of drug-likeness (QED) is 0.720. The number of pyridine rings is 1. The highest BCUT2D eigenvalue weighted by molar-refractivity contribution is 5.91. The van der Waals surface area contributed by atoms with Crippen LogP contribution in [0.25, 0.3) is 0 Å². The maximum Gasteiger partial charge on any atom is 0.343 e. The summed E-state index contributed by atoms with van der Waals surface area (Å²) in [6.07, 6.45) is 1.55. The Bertz CT molecular complexity index is 328. The summed E-state index contributed by atoms with van der Waals surface area (Å²) in [5.74, 6) is -0.168. The van der Waals surface area contributed by atoms with Crippen molar-refractivity contribution in [1.82, 2.24) is 4.98 Å². The molecular formula is C10H14N2O3. The Balaban J connectivity index is 2.80. The second kappa shape index (κ2) is 5.98. The zero-order chi connectivity index (χ0) is 11.1. The van der Waals surface area contributed by atoms with Crippen LogP contribution in [0.1, 0.15) is 17.3 Å². The minimum Gasteiger partial charge on any atom is -0.476 e. The van der Waals surface area contributed by atoms with Gasteiger partial charge < -0.3 is 15.2 Å². The molecule has 5 heteroatoms. The van der Waals surface area contributed by atoms with E-state index in [-0.39, 0.29) is 5.88 Å². The van der Waals surface area contributed by atoms with Gasteiger partial charge in [-0.2, -0.15) is 0 Å². The smallest absolute Gasteiger partial charge is 0.343 e. The Kier molecular flexibility index (Phi) is 4.56. The number of nitrogens with two attached hydrogens (primary N) is 1. The first-order valence-corrected chi connectivity index (χ1v) is 4.74. The van der Waals surface area contributed by atoms with E-state index in [9.17, 15) is 4.79 Å². The fourth-order valence-corrected chi connectivity index (χ4v) is 1.03. The van der Waals surface area contributed by atoms with Crippen LogP contribution in [0.3, 0.4) is 0 Å². The molecule has 0 atom stereocenters. The van der Waals surface area contributed by atoms with Gasteiger partial charge in [0.2, 0.25) is 5.88 Å². The Morgan fingerprint density at radius 1 is 1.60 bits per heavy atom. The normalized spacial score (nSPS) is 9.73. The highest BCUT2D eigenvalue weighted by atomic mass is 16.5. The van der Waals surface area contributed by atoms with Crippen LogP contribution in [0.2, 0.25) is 0 Å². The van der Waals surface area contributed by atoms with Gasteiger partial charge in [0.15, 0.2) is 0 Å². The van der Waals surface area contributed by atoms with Crippen LogP contribution in [-0.2, 0) is 4.74 Å². The van der Waals surface area contributed by atoms with Gasteiger partial charge >= 0.3 is 5.97 Å². The van der Waals surface area contributed by atoms with Crippen molar-refractivity contribution in [2.75, 3.05) is 19.8 Å². The first kappa shape index (κ1) is 11.5. The van der Waals surface area contributed by atoms with Crippen molar-refractivity contribution in [1.29, 1.82) is 0 Å². The fourth-order valence-electron chi connectivity index (χ4n) is 1.03. The molecule has 0 radical (unpaired) electrons. The van der Waals surface area contributed by atoms with Crippen LogP contribution < -0.4 is 10.5 Å². The molecule has 0 spiro atoms. The van der Waals surface area contributed by atoms with E-state index >= 15 is 0 Å². The summed E-state index contributed by atoms with van der Waals surface area (Å²) in [6.45, 7) is 2.76. The average molecular weight is 210 g/mol.